The van der Waals surface area contributed by atoms with Crippen LogP contribution in [0.2, 0.25) is 0 Å². The number of carbonyl (C=O) groups is 3. The number of fused-ring (bicyclic) bond motifs is 5. The zero-order valence-electron chi connectivity index (χ0n) is 25.3. The molecule has 40 heavy (non-hydrogen) atoms. The van der Waals surface area contributed by atoms with E-state index in [1.807, 2.05) is 13.8 Å². The van der Waals surface area contributed by atoms with E-state index < -0.39 is 17.5 Å². The van der Waals surface area contributed by atoms with Crippen LogP contribution in [0.25, 0.3) is 0 Å². The van der Waals surface area contributed by atoms with Gasteiger partial charge in [-0.2, -0.15) is 0 Å². The van der Waals surface area contributed by atoms with E-state index in [1.165, 1.54) is 14.0 Å². The highest BCUT2D eigenvalue weighted by Gasteiger charge is 2.63. The summed E-state index contributed by atoms with van der Waals surface area (Å²) >= 11 is 0. The molecule has 0 radical (unpaired) electrons. The molecular formula is C32H50O8. The summed E-state index contributed by atoms with van der Waals surface area (Å²) in [4.78, 5) is 36.2. The van der Waals surface area contributed by atoms with E-state index in [-0.39, 0.29) is 47.6 Å². The molecule has 8 heteroatoms. The van der Waals surface area contributed by atoms with E-state index in [9.17, 15) is 19.5 Å². The molecule has 0 aromatic carbocycles. The lowest BCUT2D eigenvalue weighted by molar-refractivity contribution is -0.189. The Morgan fingerprint density at radius 3 is 2.27 bits per heavy atom. The fourth-order valence-electron chi connectivity index (χ4n) is 10.1. The molecule has 1 heterocycles. The van der Waals surface area contributed by atoms with Gasteiger partial charge in [0.1, 0.15) is 18.6 Å². The van der Waals surface area contributed by atoms with Crippen molar-refractivity contribution in [2.45, 2.75) is 135 Å². The van der Waals surface area contributed by atoms with Gasteiger partial charge in [-0.05, 0) is 120 Å². The summed E-state index contributed by atoms with van der Waals surface area (Å²) in [6.45, 7) is 9.85. The Kier molecular flexibility index (Phi) is 8.10. The van der Waals surface area contributed by atoms with Gasteiger partial charge in [-0.25, -0.2) is 0 Å². The Morgan fingerprint density at radius 1 is 0.900 bits per heavy atom. The number of esters is 3. The average Bonchev–Trinajstić information content (AvgIpc) is 3.50. The summed E-state index contributed by atoms with van der Waals surface area (Å²) in [7, 11) is 1.28. The smallest absolute Gasteiger partial charge is 0.317 e. The van der Waals surface area contributed by atoms with E-state index in [1.54, 1.807) is 0 Å². The van der Waals surface area contributed by atoms with Gasteiger partial charge in [-0.3, -0.25) is 14.4 Å². The van der Waals surface area contributed by atoms with Crippen LogP contribution < -0.4 is 0 Å². The molecule has 0 spiro atoms. The summed E-state index contributed by atoms with van der Waals surface area (Å²) in [6.07, 6.45) is 8.92. The topological polar surface area (TPSA) is 108 Å². The van der Waals surface area contributed by atoms with Crippen LogP contribution in [0.15, 0.2) is 0 Å². The van der Waals surface area contributed by atoms with Crippen LogP contribution in [0.3, 0.4) is 0 Å². The number of hydrogen-bond donors (Lipinski definition) is 1. The summed E-state index contributed by atoms with van der Waals surface area (Å²) < 4.78 is 23.2. The molecule has 0 aromatic heterocycles. The van der Waals surface area contributed by atoms with Crippen LogP contribution in [-0.2, 0) is 33.3 Å². The van der Waals surface area contributed by atoms with Gasteiger partial charge in [-0.15, -0.1) is 0 Å². The lowest BCUT2D eigenvalue weighted by atomic mass is 9.46. The van der Waals surface area contributed by atoms with E-state index >= 15 is 0 Å². The number of carbonyl (C=O) groups excluding carboxylic acids is 3. The monoisotopic (exact) mass is 562 g/mol. The molecule has 5 rings (SSSR count). The molecule has 0 bridgehead atoms. The fraction of sp³-hybridized carbons (Fsp3) is 0.906. The van der Waals surface area contributed by atoms with Crippen LogP contribution >= 0.6 is 0 Å². The van der Waals surface area contributed by atoms with Crippen LogP contribution in [0.1, 0.15) is 105 Å². The highest BCUT2D eigenvalue weighted by Crippen LogP contribution is 2.66. The Balaban J connectivity index is 1.33. The molecule has 11 atom stereocenters. The van der Waals surface area contributed by atoms with Crippen molar-refractivity contribution in [1.82, 2.24) is 0 Å². The molecule has 5 fully saturated rings. The first-order valence-corrected chi connectivity index (χ1v) is 15.6. The summed E-state index contributed by atoms with van der Waals surface area (Å²) in [5.74, 6) is 1.31. The second kappa shape index (κ2) is 10.9. The maximum absolute atomic E-state index is 12.4. The number of methoxy groups -OCH3 is 1. The van der Waals surface area contributed by atoms with Gasteiger partial charge in [0.15, 0.2) is 0 Å². The van der Waals surface area contributed by atoms with Gasteiger partial charge < -0.3 is 24.1 Å². The van der Waals surface area contributed by atoms with E-state index in [4.69, 9.17) is 14.2 Å². The van der Waals surface area contributed by atoms with Crippen LogP contribution in [-0.4, -0.2) is 59.6 Å². The lowest BCUT2D eigenvalue weighted by Crippen LogP contribution is -2.57. The summed E-state index contributed by atoms with van der Waals surface area (Å²) in [5, 5.41) is 10.7. The fourth-order valence-corrected chi connectivity index (χ4v) is 10.1. The highest BCUT2D eigenvalue weighted by atomic mass is 16.6. The predicted octanol–water partition coefficient (Wildman–Crippen LogP) is 4.98. The zero-order chi connectivity index (χ0) is 29.0. The van der Waals surface area contributed by atoms with Crippen molar-refractivity contribution in [2.75, 3.05) is 7.11 Å². The van der Waals surface area contributed by atoms with Crippen LogP contribution in [0.4, 0.5) is 0 Å². The molecule has 8 nitrogen and oxygen atoms in total. The molecular weight excluding hydrogens is 512 g/mol. The maximum Gasteiger partial charge on any atom is 0.317 e. The Labute approximate surface area is 239 Å². The first-order valence-electron chi connectivity index (χ1n) is 15.6. The average molecular weight is 563 g/mol. The van der Waals surface area contributed by atoms with Crippen LogP contribution in [0.5, 0.6) is 0 Å². The maximum atomic E-state index is 12.4. The normalized spacial score (nSPS) is 44.6. The first-order chi connectivity index (χ1) is 18.7. The standard InChI is InChI=1S/C32H50O8/c1-18(33)38-25-16-24-21(22-9-10-23(29(22)25)32(5)14-12-26(40-32)30(2,3)36)8-7-19-15-20(11-13-31(19,24)4)39-28(35)17-27(34)37-6/h19-26,29,36H,7-17H2,1-6H3/t19-,20+,21-,22-,23-,24-,25+,26+,29-,31-,32-/m0/s1. The summed E-state index contributed by atoms with van der Waals surface area (Å²) in [5.41, 5.74) is -1.08. The van der Waals surface area contributed by atoms with Gasteiger partial charge in [-0.1, -0.05) is 6.92 Å². The SMILES string of the molecule is COC(=O)CC(=O)O[C@@H]1CC[C@@]2(C)[C@@H](CC[C@H]3[C@@H]4CC[C@H]([C@]5(C)CC[C@H](C(C)(C)O)O5)[C@H]4[C@H](OC(C)=O)C[C@@H]32)C1. The Bertz CT molecular complexity index is 988. The molecule has 1 N–H and O–H groups in total. The van der Waals surface area contributed by atoms with Gasteiger partial charge in [0.05, 0.1) is 24.4 Å². The quantitative estimate of drug-likeness (QED) is 0.274. The van der Waals surface area contributed by atoms with Crippen molar-refractivity contribution in [2.24, 2.45) is 40.9 Å². The number of ether oxygens (including phenoxy) is 4. The molecule has 0 aromatic rings. The minimum absolute atomic E-state index is 0.107. The summed E-state index contributed by atoms with van der Waals surface area (Å²) in [6, 6.07) is 0. The molecule has 4 saturated carbocycles. The Hall–Kier alpha value is -1.67. The Morgan fingerprint density at radius 2 is 1.62 bits per heavy atom. The molecule has 1 aliphatic heterocycles. The molecule has 226 valence electrons. The van der Waals surface area contributed by atoms with Crippen molar-refractivity contribution in [3.63, 3.8) is 0 Å². The molecule has 4 aliphatic carbocycles. The number of hydrogen-bond acceptors (Lipinski definition) is 8. The van der Waals surface area contributed by atoms with Crippen molar-refractivity contribution in [1.29, 1.82) is 0 Å². The largest absolute Gasteiger partial charge is 0.469 e. The second-order valence-corrected chi connectivity index (χ2v) is 14.6. The molecule has 1 saturated heterocycles. The van der Waals surface area contributed by atoms with Gasteiger partial charge in [0.2, 0.25) is 0 Å². The van der Waals surface area contributed by atoms with Gasteiger partial charge in [0, 0.05) is 12.8 Å². The molecule has 0 amide bonds. The van der Waals surface area contributed by atoms with Crippen LogP contribution in [0, 0.1) is 40.9 Å². The zero-order valence-corrected chi connectivity index (χ0v) is 25.3. The first kappa shape index (κ1) is 29.8. The van der Waals surface area contributed by atoms with E-state index in [2.05, 4.69) is 18.6 Å². The third kappa shape index (κ3) is 5.44. The van der Waals surface area contributed by atoms with E-state index in [0.29, 0.717) is 29.6 Å². The second-order valence-electron chi connectivity index (χ2n) is 14.6. The van der Waals surface area contributed by atoms with E-state index in [0.717, 1.165) is 64.2 Å². The van der Waals surface area contributed by atoms with Gasteiger partial charge >= 0.3 is 17.9 Å². The molecule has 5 aliphatic rings. The minimum Gasteiger partial charge on any atom is -0.469 e. The predicted molar refractivity (Wildman–Crippen MR) is 147 cm³/mol. The highest BCUT2D eigenvalue weighted by molar-refractivity contribution is 5.91. The third-order valence-electron chi connectivity index (χ3n) is 12.0. The lowest BCUT2D eigenvalue weighted by Gasteiger charge is -2.60. The third-order valence-corrected chi connectivity index (χ3v) is 12.0. The van der Waals surface area contributed by atoms with Crippen molar-refractivity contribution >= 4 is 17.9 Å². The van der Waals surface area contributed by atoms with Crippen molar-refractivity contribution in [3.05, 3.63) is 0 Å². The minimum atomic E-state index is -0.873. The number of rotatable bonds is 6. The van der Waals surface area contributed by atoms with Crippen molar-refractivity contribution in [3.8, 4) is 0 Å². The van der Waals surface area contributed by atoms with Crippen molar-refractivity contribution < 1.29 is 38.4 Å². The number of aliphatic hydroxyl groups is 1. The van der Waals surface area contributed by atoms with Gasteiger partial charge in [0.25, 0.3) is 0 Å². The molecule has 0 unspecified atom stereocenters.